The number of carboxylic acid groups (broad SMARTS) is 1. The second kappa shape index (κ2) is 17.9. The fourth-order valence-corrected chi connectivity index (χ4v) is 11.3. The van der Waals surface area contributed by atoms with Crippen LogP contribution in [0.2, 0.25) is 0 Å². The molecule has 2 spiro atoms. The SMILES string of the molecule is C#CCNC([C@@H](C)[C@@H](O)[C@H](C)[C@@H]1O[C@@H]([C@@H](CC)C(=O)O)CC[C@@H]1C)[C@H](CC)[C@H]1OC2(C=C[C@@H](O)[C@]3(CC[C@@](C)([C@H]4CC[C@](O)(CC)[C@H](C)O4)O3)O2)[C@H](C)C[C@@H]1C. The van der Waals surface area contributed by atoms with E-state index in [0.29, 0.717) is 51.5 Å². The number of nitrogens with one attached hydrogen (secondary N) is 1. The molecule has 0 aromatic carbocycles. The number of hydrogen-bond donors (Lipinski definition) is 5. The van der Waals surface area contributed by atoms with Crippen LogP contribution >= 0.6 is 0 Å². The van der Waals surface area contributed by atoms with Gasteiger partial charge in [0.25, 0.3) is 0 Å². The van der Waals surface area contributed by atoms with Gasteiger partial charge in [0.2, 0.25) is 5.79 Å². The summed E-state index contributed by atoms with van der Waals surface area (Å²) >= 11 is 0. The zero-order valence-corrected chi connectivity index (χ0v) is 35.9. The summed E-state index contributed by atoms with van der Waals surface area (Å²) in [6.07, 6.45) is 12.7. The number of terminal acetylenes is 1. The monoisotopic (exact) mass is 790 g/mol. The Labute approximate surface area is 337 Å². The minimum atomic E-state index is -1.33. The van der Waals surface area contributed by atoms with Gasteiger partial charge in [-0.25, -0.2) is 0 Å². The summed E-state index contributed by atoms with van der Waals surface area (Å²) in [7, 11) is 0. The zero-order chi connectivity index (χ0) is 41.4. The fraction of sp³-hybridized carbons (Fsp3) is 0.889. The van der Waals surface area contributed by atoms with Crippen molar-refractivity contribution in [3.05, 3.63) is 12.2 Å². The third kappa shape index (κ3) is 8.67. The van der Waals surface area contributed by atoms with Gasteiger partial charge in [-0.2, -0.15) is 0 Å². The van der Waals surface area contributed by atoms with Crippen LogP contribution in [-0.4, -0.2) is 104 Å². The van der Waals surface area contributed by atoms with E-state index in [0.717, 1.165) is 19.3 Å². The van der Waals surface area contributed by atoms with Gasteiger partial charge in [0.15, 0.2) is 5.79 Å². The molecule has 4 fully saturated rings. The molecule has 5 N–H and O–H groups in total. The first-order chi connectivity index (χ1) is 26.3. The summed E-state index contributed by atoms with van der Waals surface area (Å²) < 4.78 is 34.2. The van der Waals surface area contributed by atoms with Crippen LogP contribution in [-0.2, 0) is 28.5 Å². The largest absolute Gasteiger partial charge is 0.481 e. The third-order valence-electron chi connectivity index (χ3n) is 15.2. The van der Waals surface area contributed by atoms with Crippen molar-refractivity contribution in [2.75, 3.05) is 6.54 Å². The number of aliphatic hydroxyl groups is 3. The number of rotatable bonds is 14. The highest BCUT2D eigenvalue weighted by Crippen LogP contribution is 2.54. The molecule has 0 bridgehead atoms. The van der Waals surface area contributed by atoms with Crippen molar-refractivity contribution >= 4 is 5.97 Å². The molecule has 0 aromatic heterocycles. The Morgan fingerprint density at radius 3 is 2.30 bits per heavy atom. The number of aliphatic carboxylic acids is 1. The smallest absolute Gasteiger partial charge is 0.309 e. The zero-order valence-electron chi connectivity index (χ0n) is 35.9. The van der Waals surface area contributed by atoms with E-state index in [1.165, 1.54) is 0 Å². The molecule has 4 saturated heterocycles. The number of carbonyl (C=O) groups is 1. The predicted octanol–water partition coefficient (Wildman–Crippen LogP) is 6.21. The van der Waals surface area contributed by atoms with Crippen LogP contribution in [0.1, 0.15) is 133 Å². The highest BCUT2D eigenvalue weighted by atomic mass is 16.8. The lowest BCUT2D eigenvalue weighted by atomic mass is 9.70. The highest BCUT2D eigenvalue weighted by Gasteiger charge is 2.63. The molecular weight excluding hydrogens is 714 g/mol. The van der Waals surface area contributed by atoms with E-state index in [4.69, 9.17) is 30.1 Å². The predicted molar refractivity (Wildman–Crippen MR) is 214 cm³/mol. The number of hydrogen-bond acceptors (Lipinski definition) is 10. The fourth-order valence-electron chi connectivity index (χ4n) is 11.3. The van der Waals surface area contributed by atoms with E-state index >= 15 is 0 Å². The maximum absolute atomic E-state index is 12.2. The van der Waals surface area contributed by atoms with Gasteiger partial charge < -0.3 is 49.4 Å². The Morgan fingerprint density at radius 2 is 1.70 bits per heavy atom. The van der Waals surface area contributed by atoms with Gasteiger partial charge in [0.05, 0.1) is 60.3 Å². The van der Waals surface area contributed by atoms with Crippen LogP contribution in [0.15, 0.2) is 12.2 Å². The van der Waals surface area contributed by atoms with Crippen molar-refractivity contribution in [1.82, 2.24) is 5.32 Å². The van der Waals surface area contributed by atoms with Crippen LogP contribution in [0.25, 0.3) is 0 Å². The van der Waals surface area contributed by atoms with Gasteiger partial charge in [-0.3, -0.25) is 4.79 Å². The van der Waals surface area contributed by atoms with Gasteiger partial charge in [0.1, 0.15) is 6.10 Å². The molecule has 0 radical (unpaired) electrons. The molecule has 19 atom stereocenters. The molecule has 56 heavy (non-hydrogen) atoms. The highest BCUT2D eigenvalue weighted by molar-refractivity contribution is 5.70. The molecular formula is C45H75NO10. The van der Waals surface area contributed by atoms with Crippen LogP contribution < -0.4 is 5.32 Å². The minimum Gasteiger partial charge on any atom is -0.481 e. The van der Waals surface area contributed by atoms with E-state index in [1.807, 2.05) is 40.7 Å². The van der Waals surface area contributed by atoms with Gasteiger partial charge in [-0.1, -0.05) is 61.3 Å². The molecule has 0 aliphatic carbocycles. The van der Waals surface area contributed by atoms with Gasteiger partial charge >= 0.3 is 5.97 Å². The molecule has 320 valence electrons. The average molecular weight is 790 g/mol. The number of aliphatic hydroxyl groups excluding tert-OH is 2. The Morgan fingerprint density at radius 1 is 0.982 bits per heavy atom. The average Bonchev–Trinajstić information content (AvgIpc) is 3.51. The molecule has 11 heteroatoms. The van der Waals surface area contributed by atoms with Gasteiger partial charge in [-0.15, -0.1) is 6.42 Å². The molecule has 5 rings (SSSR count). The van der Waals surface area contributed by atoms with Gasteiger partial charge in [-0.05, 0) is 102 Å². The first-order valence-corrected chi connectivity index (χ1v) is 21.9. The minimum absolute atomic E-state index is 0.0522. The van der Waals surface area contributed by atoms with Crippen molar-refractivity contribution in [3.8, 4) is 12.3 Å². The summed E-state index contributed by atoms with van der Waals surface area (Å²) in [6.45, 7) is 20.8. The molecule has 0 saturated carbocycles. The Kier molecular flexibility index (Phi) is 14.6. The molecule has 5 aliphatic heterocycles. The second-order valence-corrected chi connectivity index (χ2v) is 18.8. The molecule has 0 aromatic rings. The van der Waals surface area contributed by atoms with E-state index < -0.39 is 46.9 Å². The maximum atomic E-state index is 12.2. The molecule has 0 amide bonds. The van der Waals surface area contributed by atoms with Crippen molar-refractivity contribution in [2.45, 2.75) is 205 Å². The van der Waals surface area contributed by atoms with Crippen molar-refractivity contribution in [1.29, 1.82) is 0 Å². The van der Waals surface area contributed by atoms with E-state index in [-0.39, 0.29) is 72.1 Å². The van der Waals surface area contributed by atoms with E-state index in [2.05, 4.69) is 45.9 Å². The molecule has 11 nitrogen and oxygen atoms in total. The summed E-state index contributed by atoms with van der Waals surface area (Å²) in [4.78, 5) is 12.0. The second-order valence-electron chi connectivity index (χ2n) is 18.8. The topological polar surface area (TPSA) is 156 Å². The quantitative estimate of drug-likeness (QED) is 0.101. The summed E-state index contributed by atoms with van der Waals surface area (Å²) in [6, 6.07) is -0.228. The summed E-state index contributed by atoms with van der Waals surface area (Å²) in [5.74, 6) is -1.49. The lowest BCUT2D eigenvalue weighted by Gasteiger charge is -2.55. The summed E-state index contributed by atoms with van der Waals surface area (Å²) in [5.41, 5.74) is -1.60. The Hall–Kier alpha value is -1.59. The normalized spacial score (nSPS) is 44.8. The third-order valence-corrected chi connectivity index (χ3v) is 15.2. The molecule has 5 heterocycles. The Balaban J connectivity index is 1.37. The van der Waals surface area contributed by atoms with Crippen LogP contribution in [0, 0.1) is 53.8 Å². The van der Waals surface area contributed by atoms with Crippen molar-refractivity contribution in [3.63, 3.8) is 0 Å². The van der Waals surface area contributed by atoms with Crippen molar-refractivity contribution < 1.29 is 48.9 Å². The van der Waals surface area contributed by atoms with Crippen LogP contribution in [0.3, 0.4) is 0 Å². The van der Waals surface area contributed by atoms with Crippen LogP contribution in [0.5, 0.6) is 0 Å². The molecule has 2 unspecified atom stereocenters. The number of carboxylic acids is 1. The lowest BCUT2D eigenvalue weighted by Crippen LogP contribution is -2.64. The van der Waals surface area contributed by atoms with Crippen LogP contribution in [0.4, 0.5) is 0 Å². The van der Waals surface area contributed by atoms with E-state index in [9.17, 15) is 25.2 Å². The first-order valence-electron chi connectivity index (χ1n) is 21.9. The number of ether oxygens (including phenoxy) is 5. The first kappa shape index (κ1) is 45.5. The molecule has 5 aliphatic rings. The standard InChI is InChI=1S/C45H75NO10/c1-12-24-46-37(29(8)38(48)30(9)39-26(5)16-17-34(53-39)32(13-2)41(49)50)33(14-3)40-27(6)25-28(7)44(54-40)21-18-35(47)45(56-44)23-22-42(11,55-45)36-19-20-43(51,15-4)31(10)52-36/h1,18,21,26-40,46-48,51H,13-17,19-20,22-25H2,2-11H3,(H,49,50)/t26-,27-,28+,29+,30-,31-,32+,33-,34+,35+,36+,37?,38+,39+,40-,42-,43+,44?,45-/m0/s1. The summed E-state index contributed by atoms with van der Waals surface area (Å²) in [5, 5.41) is 48.3. The maximum Gasteiger partial charge on any atom is 0.309 e. The lowest BCUT2D eigenvalue weighted by molar-refractivity contribution is -0.410. The van der Waals surface area contributed by atoms with Crippen molar-refractivity contribution in [2.24, 2.45) is 41.4 Å². The van der Waals surface area contributed by atoms with Gasteiger partial charge in [0, 0.05) is 30.2 Å². The Bertz CT molecular complexity index is 1400. The van der Waals surface area contributed by atoms with E-state index in [1.54, 1.807) is 6.08 Å².